The van der Waals surface area contributed by atoms with Crippen LogP contribution in [0.1, 0.15) is 15.9 Å². The molecule has 1 aliphatic heterocycles. The number of aryl methyl sites for hydroxylation is 1. The van der Waals surface area contributed by atoms with E-state index in [2.05, 4.69) is 22.2 Å². The average Bonchev–Trinajstić information content (AvgIpc) is 2.58. The Bertz CT molecular complexity index is 742. The lowest BCUT2D eigenvalue weighted by atomic mass is 10.2. The third-order valence-corrected chi connectivity index (χ3v) is 4.48. The van der Waals surface area contributed by atoms with Gasteiger partial charge in [0.05, 0.1) is 17.4 Å². The molecule has 24 heavy (non-hydrogen) atoms. The Kier molecular flexibility index (Phi) is 5.02. The zero-order chi connectivity index (χ0) is 17.1. The number of rotatable bonds is 3. The number of halogens is 1. The highest BCUT2D eigenvalue weighted by Crippen LogP contribution is 2.24. The van der Waals surface area contributed by atoms with Crippen molar-refractivity contribution >= 4 is 28.9 Å². The number of nitrogens with zero attached hydrogens (tertiary/aromatic N) is 3. The second-order valence-electron chi connectivity index (χ2n) is 6.14. The standard InChI is InChI=1S/C18H21ClN4O/c1-13-9-15(19)3-4-17(13)21-16-10-14(11-20-12-16)18(24)23-7-5-22(2)6-8-23/h3-4,9-12,21H,5-8H2,1-2H3. The van der Waals surface area contributed by atoms with Gasteiger partial charge in [0.1, 0.15) is 0 Å². The van der Waals surface area contributed by atoms with E-state index in [1.807, 2.05) is 36.1 Å². The van der Waals surface area contributed by atoms with Gasteiger partial charge in [-0.05, 0) is 43.8 Å². The molecule has 0 atom stereocenters. The lowest BCUT2D eigenvalue weighted by Gasteiger charge is -2.32. The minimum Gasteiger partial charge on any atom is -0.354 e. The molecule has 5 nitrogen and oxygen atoms in total. The van der Waals surface area contributed by atoms with E-state index in [9.17, 15) is 4.79 Å². The van der Waals surface area contributed by atoms with Crippen molar-refractivity contribution in [1.82, 2.24) is 14.8 Å². The fraction of sp³-hybridized carbons (Fsp3) is 0.333. The van der Waals surface area contributed by atoms with Crippen LogP contribution in [0.2, 0.25) is 5.02 Å². The molecule has 1 aromatic heterocycles. The quantitative estimate of drug-likeness (QED) is 0.929. The van der Waals surface area contributed by atoms with Crippen LogP contribution >= 0.6 is 11.6 Å². The van der Waals surface area contributed by atoms with Crippen LogP contribution in [0.5, 0.6) is 0 Å². The van der Waals surface area contributed by atoms with Gasteiger partial charge in [-0.25, -0.2) is 0 Å². The molecule has 1 N–H and O–H groups in total. The zero-order valence-electron chi connectivity index (χ0n) is 13.9. The van der Waals surface area contributed by atoms with E-state index in [1.54, 1.807) is 12.4 Å². The number of aromatic nitrogens is 1. The number of hydrogen-bond donors (Lipinski definition) is 1. The maximum absolute atomic E-state index is 12.6. The van der Waals surface area contributed by atoms with Crippen LogP contribution in [0.25, 0.3) is 0 Å². The van der Waals surface area contributed by atoms with Crippen molar-refractivity contribution in [2.75, 3.05) is 38.5 Å². The maximum atomic E-state index is 12.6. The van der Waals surface area contributed by atoms with Gasteiger partial charge in [0.2, 0.25) is 0 Å². The van der Waals surface area contributed by atoms with Crippen LogP contribution < -0.4 is 5.32 Å². The number of anilines is 2. The maximum Gasteiger partial charge on any atom is 0.255 e. The number of piperazine rings is 1. The van der Waals surface area contributed by atoms with Gasteiger partial charge in [-0.15, -0.1) is 0 Å². The van der Waals surface area contributed by atoms with E-state index in [1.165, 1.54) is 0 Å². The molecule has 2 heterocycles. The molecule has 0 radical (unpaired) electrons. The number of carbonyl (C=O) groups is 1. The predicted molar refractivity (Wildman–Crippen MR) is 97.1 cm³/mol. The molecular formula is C18H21ClN4O. The normalized spacial score (nSPS) is 15.4. The fourth-order valence-electron chi connectivity index (χ4n) is 2.74. The number of benzene rings is 1. The van der Waals surface area contributed by atoms with E-state index < -0.39 is 0 Å². The van der Waals surface area contributed by atoms with Crippen LogP contribution in [-0.4, -0.2) is 53.9 Å². The average molecular weight is 345 g/mol. The lowest BCUT2D eigenvalue weighted by Crippen LogP contribution is -2.47. The monoisotopic (exact) mass is 344 g/mol. The summed E-state index contributed by atoms with van der Waals surface area (Å²) >= 11 is 5.99. The second-order valence-corrected chi connectivity index (χ2v) is 6.58. The third-order valence-electron chi connectivity index (χ3n) is 4.24. The largest absolute Gasteiger partial charge is 0.354 e. The van der Waals surface area contributed by atoms with Crippen LogP contribution in [0.15, 0.2) is 36.7 Å². The van der Waals surface area contributed by atoms with E-state index in [0.29, 0.717) is 10.6 Å². The molecule has 0 unspecified atom stereocenters. The van der Waals surface area contributed by atoms with Crippen molar-refractivity contribution in [3.63, 3.8) is 0 Å². The first-order valence-corrected chi connectivity index (χ1v) is 8.37. The molecule has 3 rings (SSSR count). The van der Waals surface area contributed by atoms with Crippen molar-refractivity contribution in [3.8, 4) is 0 Å². The van der Waals surface area contributed by atoms with Gasteiger partial charge in [0, 0.05) is 43.1 Å². The molecule has 6 heteroatoms. The molecule has 1 aliphatic rings. The Morgan fingerprint density at radius 3 is 2.62 bits per heavy atom. The molecule has 2 aromatic rings. The molecule has 0 bridgehead atoms. The Labute approximate surface area is 147 Å². The van der Waals surface area contributed by atoms with Crippen molar-refractivity contribution in [2.24, 2.45) is 0 Å². The van der Waals surface area contributed by atoms with Crippen molar-refractivity contribution in [1.29, 1.82) is 0 Å². The summed E-state index contributed by atoms with van der Waals surface area (Å²) in [5.41, 5.74) is 3.39. The number of likely N-dealkylation sites (N-methyl/N-ethyl adjacent to an activating group) is 1. The molecule has 1 fully saturated rings. The van der Waals surface area contributed by atoms with Gasteiger partial charge in [0.15, 0.2) is 0 Å². The summed E-state index contributed by atoms with van der Waals surface area (Å²) in [6.07, 6.45) is 3.34. The summed E-state index contributed by atoms with van der Waals surface area (Å²) in [4.78, 5) is 21.0. The molecule has 1 saturated heterocycles. The summed E-state index contributed by atoms with van der Waals surface area (Å²) < 4.78 is 0. The molecule has 0 spiro atoms. The number of pyridine rings is 1. The van der Waals surface area contributed by atoms with Crippen molar-refractivity contribution in [3.05, 3.63) is 52.8 Å². The summed E-state index contributed by atoms with van der Waals surface area (Å²) in [6.45, 7) is 5.30. The van der Waals surface area contributed by atoms with E-state index >= 15 is 0 Å². The lowest BCUT2D eigenvalue weighted by molar-refractivity contribution is 0.0663. The number of nitrogens with one attached hydrogen (secondary N) is 1. The molecule has 1 amide bonds. The van der Waals surface area contributed by atoms with E-state index in [-0.39, 0.29) is 5.91 Å². The summed E-state index contributed by atoms with van der Waals surface area (Å²) in [7, 11) is 2.07. The Balaban J connectivity index is 1.75. The third kappa shape index (κ3) is 3.86. The second kappa shape index (κ2) is 7.20. The number of carbonyl (C=O) groups excluding carboxylic acids is 1. The molecule has 126 valence electrons. The minimum absolute atomic E-state index is 0.0343. The molecule has 1 aromatic carbocycles. The van der Waals surface area contributed by atoms with Gasteiger partial charge in [0.25, 0.3) is 5.91 Å². The summed E-state index contributed by atoms with van der Waals surface area (Å²) in [6, 6.07) is 7.51. The van der Waals surface area contributed by atoms with Crippen LogP contribution in [0, 0.1) is 6.92 Å². The minimum atomic E-state index is 0.0343. The molecule has 0 aliphatic carbocycles. The van der Waals surface area contributed by atoms with Crippen molar-refractivity contribution in [2.45, 2.75) is 6.92 Å². The Morgan fingerprint density at radius 2 is 1.92 bits per heavy atom. The fourth-order valence-corrected chi connectivity index (χ4v) is 2.97. The van der Waals surface area contributed by atoms with Crippen LogP contribution in [-0.2, 0) is 0 Å². The first kappa shape index (κ1) is 16.7. The Morgan fingerprint density at radius 1 is 1.17 bits per heavy atom. The van der Waals surface area contributed by atoms with E-state index in [0.717, 1.165) is 43.1 Å². The van der Waals surface area contributed by atoms with Gasteiger partial charge in [-0.3, -0.25) is 9.78 Å². The summed E-state index contributed by atoms with van der Waals surface area (Å²) in [5, 5.41) is 4.01. The molecule has 0 saturated carbocycles. The van der Waals surface area contributed by atoms with Gasteiger partial charge in [-0.2, -0.15) is 0 Å². The van der Waals surface area contributed by atoms with Crippen LogP contribution in [0.3, 0.4) is 0 Å². The van der Waals surface area contributed by atoms with Gasteiger partial charge < -0.3 is 15.1 Å². The molecular weight excluding hydrogens is 324 g/mol. The van der Waals surface area contributed by atoms with Gasteiger partial charge >= 0.3 is 0 Å². The van der Waals surface area contributed by atoms with E-state index in [4.69, 9.17) is 11.6 Å². The van der Waals surface area contributed by atoms with Gasteiger partial charge in [-0.1, -0.05) is 11.6 Å². The Hall–Kier alpha value is -2.11. The topological polar surface area (TPSA) is 48.5 Å². The number of hydrogen-bond acceptors (Lipinski definition) is 4. The SMILES string of the molecule is Cc1cc(Cl)ccc1Nc1cncc(C(=O)N2CCN(C)CC2)c1. The summed E-state index contributed by atoms with van der Waals surface area (Å²) in [5.74, 6) is 0.0343. The zero-order valence-corrected chi connectivity index (χ0v) is 14.7. The van der Waals surface area contributed by atoms with Crippen LogP contribution in [0.4, 0.5) is 11.4 Å². The highest BCUT2D eigenvalue weighted by Gasteiger charge is 2.20. The number of amides is 1. The predicted octanol–water partition coefficient (Wildman–Crippen LogP) is 3.17. The first-order chi connectivity index (χ1) is 11.5. The smallest absolute Gasteiger partial charge is 0.255 e. The van der Waals surface area contributed by atoms with Crippen molar-refractivity contribution < 1.29 is 4.79 Å². The highest BCUT2D eigenvalue weighted by atomic mass is 35.5. The highest BCUT2D eigenvalue weighted by molar-refractivity contribution is 6.30. The first-order valence-electron chi connectivity index (χ1n) is 7.99.